The molecule has 0 unspecified atom stereocenters. The van der Waals surface area contributed by atoms with Gasteiger partial charge in [-0.15, -0.1) is 0 Å². The van der Waals surface area contributed by atoms with Crippen LogP contribution in [0.25, 0.3) is 0 Å². The van der Waals surface area contributed by atoms with Crippen LogP contribution < -0.4 is 0 Å². The number of benzene rings is 1. The van der Waals surface area contributed by atoms with Crippen LogP contribution in [0.15, 0.2) is 12.1 Å². The van der Waals surface area contributed by atoms with Crippen molar-refractivity contribution >= 4 is 11.6 Å². The normalized spacial score (nSPS) is 16.2. The predicted octanol–water partition coefficient (Wildman–Crippen LogP) is 3.08. The van der Waals surface area contributed by atoms with Crippen molar-refractivity contribution in [1.29, 1.82) is 0 Å². The van der Waals surface area contributed by atoms with Crippen molar-refractivity contribution in [1.82, 2.24) is 4.90 Å². The van der Waals surface area contributed by atoms with Gasteiger partial charge in [0, 0.05) is 24.7 Å². The van der Waals surface area contributed by atoms with E-state index < -0.39 is 0 Å². The summed E-state index contributed by atoms with van der Waals surface area (Å²) < 4.78 is 0. The van der Waals surface area contributed by atoms with Crippen molar-refractivity contribution in [3.63, 3.8) is 0 Å². The molecule has 1 aromatic carbocycles. The zero-order valence-electron chi connectivity index (χ0n) is 11.8. The Morgan fingerprint density at radius 2 is 1.84 bits per heavy atom. The van der Waals surface area contributed by atoms with Gasteiger partial charge >= 0.3 is 0 Å². The fourth-order valence-electron chi connectivity index (χ4n) is 2.85. The molecule has 0 bridgehead atoms. The third-order valence-corrected chi connectivity index (χ3v) is 4.42. The summed E-state index contributed by atoms with van der Waals surface area (Å²) in [6.07, 6.45) is 6.47. The number of hydrogen-bond donors (Lipinski definition) is 1. The van der Waals surface area contributed by atoms with Gasteiger partial charge in [-0.25, -0.2) is 0 Å². The number of halogens is 1. The molecule has 0 amide bonds. The SMILES string of the molecule is CN1CCc2c(Cl)ccc(CCCCCO)c2CC1. The van der Waals surface area contributed by atoms with Gasteiger partial charge in [-0.3, -0.25) is 0 Å². The van der Waals surface area contributed by atoms with E-state index in [1.54, 1.807) is 0 Å². The summed E-state index contributed by atoms with van der Waals surface area (Å²) in [6.45, 7) is 2.53. The Morgan fingerprint density at radius 1 is 1.11 bits per heavy atom. The van der Waals surface area contributed by atoms with Crippen LogP contribution in [0, 0.1) is 0 Å². The minimum Gasteiger partial charge on any atom is -0.396 e. The van der Waals surface area contributed by atoms with Crippen molar-refractivity contribution in [2.24, 2.45) is 0 Å². The Balaban J connectivity index is 2.12. The summed E-state index contributed by atoms with van der Waals surface area (Å²) in [7, 11) is 2.18. The van der Waals surface area contributed by atoms with Gasteiger partial charge in [0.25, 0.3) is 0 Å². The zero-order valence-corrected chi connectivity index (χ0v) is 12.5. The lowest BCUT2D eigenvalue weighted by Crippen LogP contribution is -2.20. The average molecular weight is 282 g/mol. The molecule has 19 heavy (non-hydrogen) atoms. The lowest BCUT2D eigenvalue weighted by molar-refractivity contribution is 0.283. The first-order chi connectivity index (χ1) is 9.22. The van der Waals surface area contributed by atoms with E-state index in [1.807, 2.05) is 0 Å². The number of fused-ring (bicyclic) bond motifs is 1. The van der Waals surface area contributed by atoms with Crippen LogP contribution in [0.2, 0.25) is 5.02 Å². The second-order valence-corrected chi connectivity index (χ2v) is 5.91. The van der Waals surface area contributed by atoms with Gasteiger partial charge < -0.3 is 10.0 Å². The quantitative estimate of drug-likeness (QED) is 0.839. The highest BCUT2D eigenvalue weighted by atomic mass is 35.5. The third kappa shape index (κ3) is 3.95. The second-order valence-electron chi connectivity index (χ2n) is 5.50. The maximum absolute atomic E-state index is 8.84. The fourth-order valence-corrected chi connectivity index (χ4v) is 3.12. The van der Waals surface area contributed by atoms with Crippen LogP contribution in [0.1, 0.15) is 36.0 Å². The van der Waals surface area contributed by atoms with E-state index in [0.717, 1.165) is 56.6 Å². The van der Waals surface area contributed by atoms with E-state index in [2.05, 4.69) is 24.1 Å². The summed E-state index contributed by atoms with van der Waals surface area (Å²) in [5.74, 6) is 0. The molecule has 1 N–H and O–H groups in total. The van der Waals surface area contributed by atoms with Crippen molar-refractivity contribution in [3.05, 3.63) is 33.8 Å². The number of aliphatic hydroxyl groups is 1. The van der Waals surface area contributed by atoms with Crippen molar-refractivity contribution in [3.8, 4) is 0 Å². The topological polar surface area (TPSA) is 23.5 Å². The van der Waals surface area contributed by atoms with Crippen LogP contribution >= 0.6 is 11.6 Å². The second kappa shape index (κ2) is 7.28. The van der Waals surface area contributed by atoms with Gasteiger partial charge in [0.1, 0.15) is 0 Å². The highest BCUT2D eigenvalue weighted by Gasteiger charge is 2.16. The molecule has 0 radical (unpaired) electrons. The van der Waals surface area contributed by atoms with Gasteiger partial charge in [-0.05, 0) is 61.9 Å². The van der Waals surface area contributed by atoms with Gasteiger partial charge in [0.2, 0.25) is 0 Å². The first kappa shape index (κ1) is 14.8. The smallest absolute Gasteiger partial charge is 0.0441 e. The molecule has 1 heterocycles. The molecule has 2 rings (SSSR count). The number of hydrogen-bond acceptors (Lipinski definition) is 2. The minimum atomic E-state index is 0.309. The number of nitrogens with zero attached hydrogens (tertiary/aromatic N) is 1. The lowest BCUT2D eigenvalue weighted by Gasteiger charge is -2.14. The Kier molecular flexibility index (Phi) is 5.68. The summed E-state index contributed by atoms with van der Waals surface area (Å²) in [6, 6.07) is 4.26. The van der Waals surface area contributed by atoms with E-state index in [9.17, 15) is 0 Å². The molecular weight excluding hydrogens is 258 g/mol. The molecule has 1 aliphatic rings. The first-order valence-corrected chi connectivity index (χ1v) is 7.68. The molecule has 0 saturated carbocycles. The molecule has 2 nitrogen and oxygen atoms in total. The van der Waals surface area contributed by atoms with Gasteiger partial charge in [0.05, 0.1) is 0 Å². The third-order valence-electron chi connectivity index (χ3n) is 4.06. The summed E-state index contributed by atoms with van der Waals surface area (Å²) >= 11 is 6.37. The highest BCUT2D eigenvalue weighted by molar-refractivity contribution is 6.31. The largest absolute Gasteiger partial charge is 0.396 e. The number of unbranched alkanes of at least 4 members (excludes halogenated alkanes) is 2. The van der Waals surface area contributed by atoms with E-state index in [0.29, 0.717) is 6.61 Å². The predicted molar refractivity (Wildman–Crippen MR) is 81.0 cm³/mol. The van der Waals surface area contributed by atoms with Crippen molar-refractivity contribution in [2.75, 3.05) is 26.7 Å². The Bertz CT molecular complexity index is 419. The van der Waals surface area contributed by atoms with E-state index in [4.69, 9.17) is 16.7 Å². The van der Waals surface area contributed by atoms with Crippen LogP contribution in [0.4, 0.5) is 0 Å². The summed E-state index contributed by atoms with van der Waals surface area (Å²) in [5.41, 5.74) is 4.32. The van der Waals surface area contributed by atoms with Crippen molar-refractivity contribution in [2.45, 2.75) is 38.5 Å². The average Bonchev–Trinajstić information content (AvgIpc) is 2.60. The zero-order chi connectivity index (χ0) is 13.7. The van der Waals surface area contributed by atoms with Gasteiger partial charge in [-0.1, -0.05) is 24.1 Å². The number of rotatable bonds is 5. The summed E-state index contributed by atoms with van der Waals surface area (Å²) in [5, 5.41) is 9.77. The molecule has 106 valence electrons. The number of aryl methyl sites for hydroxylation is 1. The van der Waals surface area contributed by atoms with Crippen LogP contribution in [-0.4, -0.2) is 36.8 Å². The molecule has 0 aromatic heterocycles. The molecular formula is C16H24ClNO. The maximum atomic E-state index is 8.84. The molecule has 0 aliphatic carbocycles. The monoisotopic (exact) mass is 281 g/mol. The standard InChI is InChI=1S/C16H24ClNO/c1-18-10-8-14-13(5-3-2-4-12-19)6-7-16(17)15(14)9-11-18/h6-7,19H,2-5,8-12H2,1H3. The van der Waals surface area contributed by atoms with Gasteiger partial charge in [-0.2, -0.15) is 0 Å². The number of aliphatic hydroxyl groups excluding tert-OH is 1. The Hall–Kier alpha value is -0.570. The molecule has 3 heteroatoms. The maximum Gasteiger partial charge on any atom is 0.0441 e. The molecule has 0 spiro atoms. The van der Waals surface area contributed by atoms with Crippen LogP contribution in [0.5, 0.6) is 0 Å². The van der Waals surface area contributed by atoms with E-state index >= 15 is 0 Å². The summed E-state index contributed by atoms with van der Waals surface area (Å²) in [4.78, 5) is 2.38. The van der Waals surface area contributed by atoms with E-state index in [-0.39, 0.29) is 0 Å². The fraction of sp³-hybridized carbons (Fsp3) is 0.625. The van der Waals surface area contributed by atoms with E-state index in [1.165, 1.54) is 16.7 Å². The molecule has 1 aromatic rings. The minimum absolute atomic E-state index is 0.309. The molecule has 0 saturated heterocycles. The van der Waals surface area contributed by atoms with Gasteiger partial charge in [0.15, 0.2) is 0 Å². The molecule has 0 atom stereocenters. The Morgan fingerprint density at radius 3 is 2.58 bits per heavy atom. The highest BCUT2D eigenvalue weighted by Crippen LogP contribution is 2.28. The first-order valence-electron chi connectivity index (χ1n) is 7.31. The Labute approximate surface area is 121 Å². The van der Waals surface area contributed by atoms with Crippen LogP contribution in [0.3, 0.4) is 0 Å². The molecule has 0 fully saturated rings. The number of likely N-dealkylation sites (N-methyl/N-ethyl adjacent to an activating group) is 1. The van der Waals surface area contributed by atoms with Crippen LogP contribution in [-0.2, 0) is 19.3 Å². The van der Waals surface area contributed by atoms with Crippen molar-refractivity contribution < 1.29 is 5.11 Å². The molecule has 1 aliphatic heterocycles. The lowest BCUT2D eigenvalue weighted by atomic mass is 9.94.